The number of sulfone groups is 1. The Hall–Kier alpha value is -3.13. The third kappa shape index (κ3) is 7.39. The van der Waals surface area contributed by atoms with Gasteiger partial charge in [0, 0.05) is 25.3 Å². The maximum Gasteiger partial charge on any atom is 0.247 e. The summed E-state index contributed by atoms with van der Waals surface area (Å²) in [5.41, 5.74) is -0.556. The molecular weight excluding hydrogens is 588 g/mol. The van der Waals surface area contributed by atoms with Gasteiger partial charge in [0.1, 0.15) is 17.2 Å². The van der Waals surface area contributed by atoms with E-state index >= 15 is 0 Å². The Morgan fingerprint density at radius 3 is 2.36 bits per heavy atom. The van der Waals surface area contributed by atoms with Crippen LogP contribution in [0.3, 0.4) is 0 Å². The zero-order valence-electron chi connectivity index (χ0n) is 25.5. The van der Waals surface area contributed by atoms with Crippen molar-refractivity contribution in [1.29, 1.82) is 0 Å². The van der Waals surface area contributed by atoms with Gasteiger partial charge >= 0.3 is 0 Å². The Balaban J connectivity index is 1.33. The van der Waals surface area contributed by atoms with Gasteiger partial charge in [0.2, 0.25) is 17.7 Å². The van der Waals surface area contributed by atoms with Crippen LogP contribution in [0.2, 0.25) is 0 Å². The molecule has 12 nitrogen and oxygen atoms in total. The van der Waals surface area contributed by atoms with E-state index in [1.807, 2.05) is 4.90 Å². The average molecular weight is 631 g/mol. The SMILES string of the molecule is C[C@H](NC(=O)CN1CCOCC1)C(=O)NC1(C(=O)N[C@@H](CC2=CCCC2)C(=O)[C@@]2(C)CO2)CC1c1ccc(S(C)(=O)=O)cc1. The summed E-state index contributed by atoms with van der Waals surface area (Å²) in [6.45, 7) is 6.01. The summed E-state index contributed by atoms with van der Waals surface area (Å²) < 4.78 is 34.7. The number of benzene rings is 1. The first-order chi connectivity index (χ1) is 20.8. The van der Waals surface area contributed by atoms with Crippen LogP contribution in [0.5, 0.6) is 0 Å². The van der Waals surface area contributed by atoms with Crippen molar-refractivity contribution in [1.82, 2.24) is 20.9 Å². The highest BCUT2D eigenvalue weighted by Gasteiger charge is 2.63. The van der Waals surface area contributed by atoms with Crippen molar-refractivity contribution in [2.24, 2.45) is 0 Å². The summed E-state index contributed by atoms with van der Waals surface area (Å²) in [5, 5.41) is 8.55. The predicted octanol–water partition coefficient (Wildman–Crippen LogP) is 0.613. The lowest BCUT2D eigenvalue weighted by molar-refractivity contribution is -0.135. The van der Waals surface area contributed by atoms with E-state index < -0.39 is 50.8 Å². The molecule has 1 aromatic rings. The summed E-state index contributed by atoms with van der Waals surface area (Å²) in [7, 11) is -3.42. The molecule has 2 unspecified atom stereocenters. The number of amides is 3. The Morgan fingerprint density at radius 2 is 1.77 bits per heavy atom. The molecule has 2 aliphatic heterocycles. The summed E-state index contributed by atoms with van der Waals surface area (Å²) >= 11 is 0. The molecular formula is C31H42N4O8S. The van der Waals surface area contributed by atoms with Crippen molar-refractivity contribution in [3.05, 3.63) is 41.5 Å². The van der Waals surface area contributed by atoms with E-state index in [2.05, 4.69) is 22.0 Å². The number of Topliss-reactive ketones (excluding diaryl/α,β-unsaturated/α-hetero) is 1. The zero-order chi connectivity index (χ0) is 31.7. The maximum atomic E-state index is 14.1. The number of ether oxygens (including phenoxy) is 2. The molecule has 0 spiro atoms. The minimum Gasteiger partial charge on any atom is -0.379 e. The maximum absolute atomic E-state index is 14.1. The number of allylic oxidation sites excluding steroid dienone is 1. The fourth-order valence-corrected chi connectivity index (χ4v) is 6.63. The van der Waals surface area contributed by atoms with Gasteiger partial charge in [0.25, 0.3) is 0 Å². The fraction of sp³-hybridized carbons (Fsp3) is 0.613. The summed E-state index contributed by atoms with van der Waals surface area (Å²) in [6.07, 6.45) is 6.62. The molecule has 3 amide bonds. The van der Waals surface area contributed by atoms with Crippen LogP contribution in [0, 0.1) is 0 Å². The molecule has 1 saturated carbocycles. The molecule has 44 heavy (non-hydrogen) atoms. The van der Waals surface area contributed by atoms with E-state index in [0.717, 1.165) is 31.1 Å². The highest BCUT2D eigenvalue weighted by Crippen LogP contribution is 2.52. The number of carbonyl (C=O) groups excluding carboxylic acids is 4. The second-order valence-corrected chi connectivity index (χ2v) is 14.6. The lowest BCUT2D eigenvalue weighted by atomic mass is 9.93. The van der Waals surface area contributed by atoms with Gasteiger partial charge < -0.3 is 25.4 Å². The highest BCUT2D eigenvalue weighted by molar-refractivity contribution is 7.90. The van der Waals surface area contributed by atoms with Crippen LogP contribution in [0.4, 0.5) is 0 Å². The molecule has 5 rings (SSSR count). The van der Waals surface area contributed by atoms with Crippen molar-refractivity contribution in [2.75, 3.05) is 45.7 Å². The molecule has 240 valence electrons. The van der Waals surface area contributed by atoms with Crippen LogP contribution in [0.1, 0.15) is 57.4 Å². The van der Waals surface area contributed by atoms with E-state index in [4.69, 9.17) is 9.47 Å². The Morgan fingerprint density at radius 1 is 1.09 bits per heavy atom. The lowest BCUT2D eigenvalue weighted by Crippen LogP contribution is -2.58. The van der Waals surface area contributed by atoms with Crippen LogP contribution in [-0.2, 0) is 38.5 Å². The number of hydrogen-bond acceptors (Lipinski definition) is 9. The first-order valence-corrected chi connectivity index (χ1v) is 17.1. The second kappa shape index (κ2) is 12.7. The van der Waals surface area contributed by atoms with Crippen molar-refractivity contribution in [2.45, 2.75) is 80.0 Å². The Kier molecular flexibility index (Phi) is 9.31. The molecule has 1 aromatic carbocycles. The lowest BCUT2D eigenvalue weighted by Gasteiger charge is -2.27. The number of nitrogens with zero attached hydrogens (tertiary/aromatic N) is 1. The Labute approximate surface area is 258 Å². The first-order valence-electron chi connectivity index (χ1n) is 15.2. The molecule has 0 radical (unpaired) electrons. The van der Waals surface area contributed by atoms with Gasteiger partial charge in [0.05, 0.1) is 37.3 Å². The van der Waals surface area contributed by atoms with Crippen LogP contribution in [0.15, 0.2) is 40.8 Å². The molecule has 2 heterocycles. The number of hydrogen-bond donors (Lipinski definition) is 3. The number of rotatable bonds is 13. The summed E-state index contributed by atoms with van der Waals surface area (Å²) in [5.74, 6) is -2.03. The molecule has 4 aliphatic rings. The van der Waals surface area contributed by atoms with Gasteiger partial charge in [-0.15, -0.1) is 0 Å². The smallest absolute Gasteiger partial charge is 0.247 e. The molecule has 2 saturated heterocycles. The molecule has 3 fully saturated rings. The number of epoxide rings is 1. The molecule has 5 atom stereocenters. The third-order valence-corrected chi connectivity index (χ3v) is 10.1. The van der Waals surface area contributed by atoms with E-state index in [-0.39, 0.29) is 36.2 Å². The molecule has 3 N–H and O–H groups in total. The standard InChI is InChI=1S/C31H42N4O8S/c1-20(32-26(36)18-35-12-14-42-15-13-35)28(38)34-31(17-24(31)22-8-10-23(11-9-22)44(3,40)41)29(39)33-25(16-21-6-4-5-7-21)27(37)30(2)19-43-30/h6,8-11,20,24-25H,4-5,7,12-19H2,1-3H3,(H,32,36)(H,33,39)(H,34,38)/t20-,24?,25-,30+,31?/m0/s1. The molecule has 2 aliphatic carbocycles. The number of morpholine rings is 1. The number of ketones is 1. The van der Waals surface area contributed by atoms with E-state index in [9.17, 15) is 27.6 Å². The first kappa shape index (κ1) is 32.3. The number of nitrogens with one attached hydrogen (secondary N) is 3. The van der Waals surface area contributed by atoms with Crippen molar-refractivity contribution < 1.29 is 37.1 Å². The van der Waals surface area contributed by atoms with Gasteiger partial charge in [0.15, 0.2) is 15.6 Å². The summed E-state index contributed by atoms with van der Waals surface area (Å²) in [4.78, 5) is 55.7. The van der Waals surface area contributed by atoms with Crippen LogP contribution >= 0.6 is 0 Å². The normalized spacial score (nSPS) is 27.9. The van der Waals surface area contributed by atoms with Gasteiger partial charge in [-0.05, 0) is 63.6 Å². The predicted molar refractivity (Wildman–Crippen MR) is 160 cm³/mol. The largest absolute Gasteiger partial charge is 0.379 e. The van der Waals surface area contributed by atoms with Crippen LogP contribution in [-0.4, -0.2) is 106 Å². The molecule has 13 heteroatoms. The van der Waals surface area contributed by atoms with E-state index in [1.54, 1.807) is 26.0 Å². The van der Waals surface area contributed by atoms with Gasteiger partial charge in [-0.3, -0.25) is 24.1 Å². The fourth-order valence-electron chi connectivity index (χ4n) is 6.00. The molecule has 0 aromatic heterocycles. The van der Waals surface area contributed by atoms with Crippen molar-refractivity contribution >= 4 is 33.3 Å². The van der Waals surface area contributed by atoms with Crippen LogP contribution < -0.4 is 16.0 Å². The number of carbonyl (C=O) groups is 4. The van der Waals surface area contributed by atoms with Crippen LogP contribution in [0.25, 0.3) is 0 Å². The quantitative estimate of drug-likeness (QED) is 0.209. The third-order valence-electron chi connectivity index (χ3n) is 8.99. The van der Waals surface area contributed by atoms with Gasteiger partial charge in [-0.1, -0.05) is 23.8 Å². The summed E-state index contributed by atoms with van der Waals surface area (Å²) in [6, 6.07) is 4.48. The topological polar surface area (TPSA) is 164 Å². The zero-order valence-corrected chi connectivity index (χ0v) is 26.3. The van der Waals surface area contributed by atoms with E-state index in [0.29, 0.717) is 38.3 Å². The average Bonchev–Trinajstić information content (AvgIpc) is 3.85. The monoisotopic (exact) mass is 630 g/mol. The van der Waals surface area contributed by atoms with Gasteiger partial charge in [-0.2, -0.15) is 0 Å². The molecule has 0 bridgehead atoms. The second-order valence-electron chi connectivity index (χ2n) is 12.6. The van der Waals surface area contributed by atoms with Crippen molar-refractivity contribution in [3.63, 3.8) is 0 Å². The highest BCUT2D eigenvalue weighted by atomic mass is 32.2. The minimum atomic E-state index is -3.42. The van der Waals surface area contributed by atoms with Gasteiger partial charge in [-0.25, -0.2) is 8.42 Å². The van der Waals surface area contributed by atoms with E-state index in [1.165, 1.54) is 12.1 Å². The Bertz CT molecular complexity index is 1430. The minimum absolute atomic E-state index is 0.127. The van der Waals surface area contributed by atoms with Crippen molar-refractivity contribution in [3.8, 4) is 0 Å².